The molecular formula is C63H102O12. The first kappa shape index (κ1) is 68.7. The van der Waals surface area contributed by atoms with Gasteiger partial charge in [-0.15, -0.1) is 0 Å². The van der Waals surface area contributed by atoms with E-state index in [1.165, 1.54) is 64.2 Å². The molecule has 0 aromatic carbocycles. The highest BCUT2D eigenvalue weighted by Crippen LogP contribution is 2.26. The van der Waals surface area contributed by atoms with Crippen molar-refractivity contribution in [1.82, 2.24) is 0 Å². The number of aliphatic carboxylic acids is 1. The van der Waals surface area contributed by atoms with Crippen LogP contribution in [0.4, 0.5) is 0 Å². The van der Waals surface area contributed by atoms with Crippen molar-refractivity contribution in [2.45, 2.75) is 263 Å². The molecule has 75 heavy (non-hydrogen) atoms. The number of unbranched alkanes of at least 4 members (excludes halogenated alkanes) is 18. The first-order valence-electron chi connectivity index (χ1n) is 29.2. The summed E-state index contributed by atoms with van der Waals surface area (Å²) in [7, 11) is 0. The number of ether oxygens (including phenoxy) is 5. The van der Waals surface area contributed by atoms with Crippen molar-refractivity contribution in [2.75, 3.05) is 13.2 Å². The van der Waals surface area contributed by atoms with Crippen LogP contribution in [0.2, 0.25) is 0 Å². The van der Waals surface area contributed by atoms with E-state index in [1.807, 2.05) is 12.2 Å². The van der Waals surface area contributed by atoms with Crippen LogP contribution in [0.15, 0.2) is 97.2 Å². The minimum Gasteiger partial charge on any atom is -0.479 e. The van der Waals surface area contributed by atoms with Gasteiger partial charge in [-0.3, -0.25) is 14.4 Å². The van der Waals surface area contributed by atoms with Crippen molar-refractivity contribution >= 4 is 23.9 Å². The maximum absolute atomic E-state index is 13.1. The van der Waals surface area contributed by atoms with E-state index in [9.17, 15) is 34.5 Å². The number of rotatable bonds is 48. The van der Waals surface area contributed by atoms with Crippen molar-refractivity contribution < 1.29 is 58.2 Å². The Morgan fingerprint density at radius 1 is 0.453 bits per heavy atom. The van der Waals surface area contributed by atoms with Gasteiger partial charge in [0.2, 0.25) is 0 Å². The van der Waals surface area contributed by atoms with E-state index in [1.54, 1.807) is 0 Å². The number of hydrogen-bond donors (Lipinski definition) is 3. The fourth-order valence-electron chi connectivity index (χ4n) is 8.19. The predicted octanol–water partition coefficient (Wildman–Crippen LogP) is 14.9. The van der Waals surface area contributed by atoms with Crippen LogP contribution < -0.4 is 0 Å². The number of esters is 3. The van der Waals surface area contributed by atoms with Gasteiger partial charge in [0.1, 0.15) is 18.8 Å². The van der Waals surface area contributed by atoms with E-state index < -0.39 is 67.3 Å². The summed E-state index contributed by atoms with van der Waals surface area (Å²) in [6.45, 7) is 5.76. The second-order valence-corrected chi connectivity index (χ2v) is 19.5. The molecule has 0 saturated carbocycles. The third-order valence-electron chi connectivity index (χ3n) is 12.7. The Balaban J connectivity index is 2.74. The number of carbonyl (C=O) groups is 4. The zero-order valence-electron chi connectivity index (χ0n) is 46.8. The van der Waals surface area contributed by atoms with Crippen molar-refractivity contribution in [3.8, 4) is 0 Å². The molecule has 426 valence electrons. The molecule has 1 aliphatic rings. The highest BCUT2D eigenvalue weighted by atomic mass is 16.7. The number of allylic oxidation sites excluding steroid dienone is 16. The normalized spacial score (nSPS) is 18.9. The number of aliphatic hydroxyl groups excluding tert-OH is 2. The quantitative estimate of drug-likeness (QED) is 0.0228. The molecule has 0 aromatic heterocycles. The molecule has 1 fully saturated rings. The van der Waals surface area contributed by atoms with E-state index in [0.717, 1.165) is 103 Å². The summed E-state index contributed by atoms with van der Waals surface area (Å²) in [6, 6.07) is 0. The summed E-state index contributed by atoms with van der Waals surface area (Å²) < 4.78 is 28.3. The highest BCUT2D eigenvalue weighted by Gasteiger charge is 2.50. The van der Waals surface area contributed by atoms with Crippen LogP contribution in [0.25, 0.3) is 0 Å². The second-order valence-electron chi connectivity index (χ2n) is 19.5. The van der Waals surface area contributed by atoms with Crippen LogP contribution in [0.3, 0.4) is 0 Å². The topological polar surface area (TPSA) is 175 Å². The molecular weight excluding hydrogens is 949 g/mol. The maximum Gasteiger partial charge on any atom is 0.335 e. The van der Waals surface area contributed by atoms with Gasteiger partial charge < -0.3 is 39.0 Å². The van der Waals surface area contributed by atoms with E-state index in [4.69, 9.17) is 23.7 Å². The molecule has 1 rings (SSSR count). The first-order valence-corrected chi connectivity index (χ1v) is 29.2. The maximum atomic E-state index is 13.1. The Kier molecular flexibility index (Phi) is 46.2. The zero-order chi connectivity index (χ0) is 54.7. The Morgan fingerprint density at radius 3 is 1.36 bits per heavy atom. The van der Waals surface area contributed by atoms with E-state index in [-0.39, 0.29) is 25.9 Å². The molecule has 0 spiro atoms. The zero-order valence-corrected chi connectivity index (χ0v) is 46.8. The monoisotopic (exact) mass is 1050 g/mol. The minimum atomic E-state index is -1.92. The molecule has 0 radical (unpaired) electrons. The molecule has 0 aromatic rings. The Morgan fingerprint density at radius 2 is 0.867 bits per heavy atom. The smallest absolute Gasteiger partial charge is 0.335 e. The van der Waals surface area contributed by atoms with Gasteiger partial charge in [0.15, 0.2) is 24.6 Å². The lowest BCUT2D eigenvalue weighted by atomic mass is 9.98. The molecule has 3 N–H and O–H groups in total. The minimum absolute atomic E-state index is 0.0344. The largest absolute Gasteiger partial charge is 0.479 e. The summed E-state index contributed by atoms with van der Waals surface area (Å²) in [5, 5.41) is 31.4. The van der Waals surface area contributed by atoms with E-state index >= 15 is 0 Å². The van der Waals surface area contributed by atoms with Gasteiger partial charge in [0.05, 0.1) is 6.61 Å². The van der Waals surface area contributed by atoms with Crippen LogP contribution >= 0.6 is 0 Å². The fourth-order valence-corrected chi connectivity index (χ4v) is 8.19. The van der Waals surface area contributed by atoms with E-state index in [0.29, 0.717) is 19.3 Å². The van der Waals surface area contributed by atoms with Crippen LogP contribution in [0, 0.1) is 0 Å². The van der Waals surface area contributed by atoms with Gasteiger partial charge >= 0.3 is 23.9 Å². The highest BCUT2D eigenvalue weighted by molar-refractivity contribution is 5.74. The summed E-state index contributed by atoms with van der Waals surface area (Å²) in [5.74, 6) is -3.25. The van der Waals surface area contributed by atoms with Crippen LogP contribution in [-0.4, -0.2) is 89.2 Å². The average molecular weight is 1050 g/mol. The van der Waals surface area contributed by atoms with Crippen molar-refractivity contribution in [3.63, 3.8) is 0 Å². The lowest BCUT2D eigenvalue weighted by Gasteiger charge is -2.40. The Hall–Kier alpha value is -4.36. The summed E-state index contributed by atoms with van der Waals surface area (Å²) in [6.07, 6.45) is 53.9. The number of hydrogen-bond acceptors (Lipinski definition) is 11. The molecule has 6 unspecified atom stereocenters. The van der Waals surface area contributed by atoms with Crippen molar-refractivity contribution in [2.24, 2.45) is 0 Å². The summed E-state index contributed by atoms with van der Waals surface area (Å²) in [5.41, 5.74) is 0. The predicted molar refractivity (Wildman–Crippen MR) is 303 cm³/mol. The summed E-state index contributed by atoms with van der Waals surface area (Å²) >= 11 is 0. The molecule has 0 aliphatic carbocycles. The van der Waals surface area contributed by atoms with Crippen LogP contribution in [0.5, 0.6) is 0 Å². The van der Waals surface area contributed by atoms with Gasteiger partial charge in [-0.1, -0.05) is 214 Å². The van der Waals surface area contributed by atoms with Gasteiger partial charge in [-0.2, -0.15) is 0 Å². The third-order valence-corrected chi connectivity index (χ3v) is 12.7. The Bertz CT molecular complexity index is 1670. The molecule has 1 heterocycles. The molecule has 0 bridgehead atoms. The van der Waals surface area contributed by atoms with Crippen molar-refractivity contribution in [1.29, 1.82) is 0 Å². The molecule has 6 atom stereocenters. The lowest BCUT2D eigenvalue weighted by Crippen LogP contribution is -2.61. The SMILES string of the molecule is CC/C=C\C/C=C\C/C=C\C/C=C\C/C=C\C/C=C\CCC(=O)OCC(COC1OC(C(=O)O)C(O)C(O)C1OC(=O)CCCCCCC/C=C\C/C=C\CCCCC)OC(=O)CCCCCCCCCCCCC. The Labute approximate surface area is 453 Å². The molecule has 1 aliphatic heterocycles. The molecule has 12 heteroatoms. The fraction of sp³-hybridized carbons (Fsp3) is 0.683. The summed E-state index contributed by atoms with van der Waals surface area (Å²) in [4.78, 5) is 51.0. The number of carboxylic acids is 1. The van der Waals surface area contributed by atoms with Crippen LogP contribution in [-0.2, 0) is 42.9 Å². The van der Waals surface area contributed by atoms with E-state index in [2.05, 4.69) is 106 Å². The number of aliphatic hydroxyl groups is 2. The van der Waals surface area contributed by atoms with Gasteiger partial charge in [0.25, 0.3) is 0 Å². The lowest BCUT2D eigenvalue weighted by molar-refractivity contribution is -0.301. The number of carboxylic acid groups (broad SMARTS) is 1. The molecule has 12 nitrogen and oxygen atoms in total. The second kappa shape index (κ2) is 50.5. The average Bonchev–Trinajstić information content (AvgIpc) is 3.39. The van der Waals surface area contributed by atoms with Gasteiger partial charge in [-0.25, -0.2) is 4.79 Å². The standard InChI is InChI=1S/C63H102O12/c1-4-7-10-13-16-19-22-24-26-27-28-29-31-32-35-37-40-43-46-49-55(64)71-52-54(73-56(65)50-47-44-41-38-34-21-18-15-12-9-6-3)53-72-63-61(59(68)58(67)60(75-63)62(69)70)74-57(66)51-48-45-42-39-36-33-30-25-23-20-17-14-11-8-5-2/h7,10,16-17,19-20,24-26,28-30,32,35,40,43,54,58-61,63,67-68H,4-6,8-9,11-15,18,21-23,27,31,33-34,36-39,41-42,44-53H2,1-3H3,(H,69,70)/b10-7-,19-16-,20-17-,26-24-,29-28-,30-25-,35-32-,43-40-. The molecule has 1 saturated heterocycles. The van der Waals surface area contributed by atoms with Crippen molar-refractivity contribution in [3.05, 3.63) is 97.2 Å². The van der Waals surface area contributed by atoms with Gasteiger partial charge in [0, 0.05) is 19.3 Å². The number of carbonyl (C=O) groups excluding carboxylic acids is 3. The first-order chi connectivity index (χ1) is 36.6. The molecule has 0 amide bonds. The van der Waals surface area contributed by atoms with Crippen LogP contribution in [0.1, 0.15) is 226 Å². The van der Waals surface area contributed by atoms with Gasteiger partial charge in [-0.05, 0) is 89.9 Å². The third kappa shape index (κ3) is 40.6.